The summed E-state index contributed by atoms with van der Waals surface area (Å²) >= 11 is 1.47. The van der Waals surface area contributed by atoms with Crippen LogP contribution in [0.1, 0.15) is 38.4 Å². The lowest BCUT2D eigenvalue weighted by molar-refractivity contribution is -0.194. The second kappa shape index (κ2) is 7.64. The van der Waals surface area contributed by atoms with Crippen LogP contribution >= 0.6 is 11.3 Å². The Morgan fingerprint density at radius 2 is 2.00 bits per heavy atom. The van der Waals surface area contributed by atoms with Crippen LogP contribution in [0, 0.1) is 12.3 Å². The predicted molar refractivity (Wildman–Crippen MR) is 108 cm³/mol. The van der Waals surface area contributed by atoms with Crippen molar-refractivity contribution in [2.75, 3.05) is 6.61 Å². The summed E-state index contributed by atoms with van der Waals surface area (Å²) in [5.41, 5.74) is 0.799. The summed E-state index contributed by atoms with van der Waals surface area (Å²) in [6.45, 7) is 8.06. The fourth-order valence-corrected chi connectivity index (χ4v) is 4.53. The van der Waals surface area contributed by atoms with Gasteiger partial charge in [-0.05, 0) is 13.8 Å². The van der Waals surface area contributed by atoms with Gasteiger partial charge in [-0.25, -0.2) is 9.78 Å². The fourth-order valence-electron chi connectivity index (χ4n) is 3.70. The molecule has 1 aromatic heterocycles. The lowest BCUT2D eigenvalue weighted by Gasteiger charge is -2.58. The van der Waals surface area contributed by atoms with Crippen LogP contribution < -0.4 is 5.32 Å². The maximum atomic E-state index is 12.6. The van der Waals surface area contributed by atoms with Crippen molar-refractivity contribution in [2.45, 2.75) is 52.2 Å². The van der Waals surface area contributed by atoms with E-state index in [-0.39, 0.29) is 24.9 Å². The van der Waals surface area contributed by atoms with Crippen molar-refractivity contribution in [3.63, 3.8) is 0 Å². The third-order valence-electron chi connectivity index (χ3n) is 5.67. The first-order valence-electron chi connectivity index (χ1n) is 9.37. The van der Waals surface area contributed by atoms with Crippen LogP contribution in [0.15, 0.2) is 29.6 Å². The van der Waals surface area contributed by atoms with Crippen LogP contribution in [-0.2, 0) is 20.7 Å². The molecule has 1 heterocycles. The molecule has 6 nitrogen and oxygen atoms in total. The number of hydrogen-bond donors (Lipinski definition) is 2. The van der Waals surface area contributed by atoms with E-state index in [9.17, 15) is 14.7 Å². The highest BCUT2D eigenvalue weighted by Gasteiger charge is 2.66. The van der Waals surface area contributed by atoms with Crippen molar-refractivity contribution in [1.82, 2.24) is 10.3 Å². The van der Waals surface area contributed by atoms with Gasteiger partial charge in [0.2, 0.25) is 5.91 Å². The van der Waals surface area contributed by atoms with Crippen molar-refractivity contribution >= 4 is 23.2 Å². The van der Waals surface area contributed by atoms with Gasteiger partial charge >= 0.3 is 5.97 Å². The Morgan fingerprint density at radius 1 is 1.32 bits per heavy atom. The molecule has 3 rings (SSSR count). The normalized spacial score (nSPS) is 23.1. The first-order chi connectivity index (χ1) is 13.2. The number of hydrogen-bond acceptors (Lipinski definition) is 5. The monoisotopic (exact) mass is 402 g/mol. The predicted octanol–water partition coefficient (Wildman–Crippen LogP) is 3.44. The second-order valence-corrected chi connectivity index (χ2v) is 8.67. The Morgan fingerprint density at radius 3 is 2.57 bits per heavy atom. The molecule has 28 heavy (non-hydrogen) atoms. The average molecular weight is 403 g/mol. The molecule has 0 aliphatic heterocycles. The minimum atomic E-state index is -1.32. The molecule has 2 atom stereocenters. The fraction of sp³-hybridized carbons (Fsp3) is 0.476. The Hall–Kier alpha value is -2.25. The summed E-state index contributed by atoms with van der Waals surface area (Å²) in [6.07, 6.45) is 0.120. The third kappa shape index (κ3) is 3.56. The van der Waals surface area contributed by atoms with E-state index >= 15 is 0 Å². The molecule has 7 heteroatoms. The topological polar surface area (TPSA) is 88.5 Å². The zero-order chi connectivity index (χ0) is 20.5. The van der Waals surface area contributed by atoms with Gasteiger partial charge in [0.05, 0.1) is 18.2 Å². The first-order valence-corrected chi connectivity index (χ1v) is 10.2. The largest absolute Gasteiger partial charge is 0.479 e. The number of aryl methyl sites for hydroxylation is 1. The van der Waals surface area contributed by atoms with E-state index in [1.807, 2.05) is 57.3 Å². The summed E-state index contributed by atoms with van der Waals surface area (Å²) in [5.74, 6) is -1.37. The Bertz CT molecular complexity index is 875. The lowest BCUT2D eigenvalue weighted by atomic mass is 9.54. The number of rotatable bonds is 7. The van der Waals surface area contributed by atoms with Gasteiger partial charge in [-0.15, -0.1) is 11.3 Å². The highest BCUT2D eigenvalue weighted by atomic mass is 32.1. The van der Waals surface area contributed by atoms with Gasteiger partial charge in [0, 0.05) is 29.4 Å². The maximum absolute atomic E-state index is 12.6. The van der Waals surface area contributed by atoms with E-state index in [1.165, 1.54) is 16.9 Å². The van der Waals surface area contributed by atoms with Gasteiger partial charge in [-0.1, -0.05) is 43.7 Å². The summed E-state index contributed by atoms with van der Waals surface area (Å²) in [5, 5.41) is 15.3. The zero-order valence-corrected chi connectivity index (χ0v) is 17.4. The standard InChI is InChI=1S/C21H26N2O4S/c1-5-27-16-11-21(19(25)26,20(16,3)4)23-17(24)10-15-12-28-18(22-15)14-8-6-13(2)7-9-14/h6-9,12,16H,5,10-11H2,1-4H3,(H,23,24)(H,25,26). The Labute approximate surface area is 169 Å². The summed E-state index contributed by atoms with van der Waals surface area (Å²) in [4.78, 5) is 29.1. The smallest absolute Gasteiger partial charge is 0.330 e. The molecule has 2 unspecified atom stereocenters. The molecular formula is C21H26N2O4S. The van der Waals surface area contributed by atoms with Crippen molar-refractivity contribution in [1.29, 1.82) is 0 Å². The molecule has 1 aromatic carbocycles. The second-order valence-electron chi connectivity index (χ2n) is 7.82. The number of ether oxygens (including phenoxy) is 1. The number of carbonyl (C=O) groups is 2. The van der Waals surface area contributed by atoms with E-state index in [2.05, 4.69) is 10.3 Å². The van der Waals surface area contributed by atoms with Gasteiger partial charge < -0.3 is 15.2 Å². The number of carboxylic acids is 1. The van der Waals surface area contributed by atoms with Crippen molar-refractivity contribution in [3.05, 3.63) is 40.9 Å². The number of nitrogens with zero attached hydrogens (tertiary/aromatic N) is 1. The number of amides is 1. The van der Waals surface area contributed by atoms with Crippen LogP contribution in [0.2, 0.25) is 0 Å². The number of carbonyl (C=O) groups excluding carboxylic acids is 1. The molecule has 2 N–H and O–H groups in total. The van der Waals surface area contributed by atoms with Crippen molar-refractivity contribution in [3.8, 4) is 10.6 Å². The molecule has 150 valence electrons. The number of aliphatic carboxylic acids is 1. The molecule has 1 saturated carbocycles. The van der Waals surface area contributed by atoms with Crippen molar-refractivity contribution < 1.29 is 19.4 Å². The summed E-state index contributed by atoms with van der Waals surface area (Å²) in [7, 11) is 0. The highest BCUT2D eigenvalue weighted by Crippen LogP contribution is 2.51. The molecule has 0 saturated heterocycles. The molecule has 0 bridgehead atoms. The summed E-state index contributed by atoms with van der Waals surface area (Å²) in [6, 6.07) is 8.05. The highest BCUT2D eigenvalue weighted by molar-refractivity contribution is 7.13. The van der Waals surface area contributed by atoms with E-state index < -0.39 is 16.9 Å². The van der Waals surface area contributed by atoms with E-state index in [1.54, 1.807) is 0 Å². The van der Waals surface area contributed by atoms with Gasteiger partial charge in [-0.3, -0.25) is 4.79 Å². The van der Waals surface area contributed by atoms with Crippen LogP contribution in [0.25, 0.3) is 10.6 Å². The van der Waals surface area contributed by atoms with E-state index in [4.69, 9.17) is 4.74 Å². The number of nitrogens with one attached hydrogen (secondary N) is 1. The van der Waals surface area contributed by atoms with E-state index in [0.29, 0.717) is 12.3 Å². The number of thiazole rings is 1. The van der Waals surface area contributed by atoms with Crippen LogP contribution in [-0.4, -0.2) is 40.2 Å². The number of benzene rings is 1. The minimum Gasteiger partial charge on any atom is -0.479 e. The van der Waals surface area contributed by atoms with Gasteiger partial charge in [0.15, 0.2) is 0 Å². The van der Waals surface area contributed by atoms with Gasteiger partial charge in [0.25, 0.3) is 0 Å². The lowest BCUT2D eigenvalue weighted by Crippen LogP contribution is -2.76. The number of carboxylic acid groups (broad SMARTS) is 1. The van der Waals surface area contributed by atoms with Gasteiger partial charge in [-0.2, -0.15) is 0 Å². The SMILES string of the molecule is CCOC1CC(NC(=O)Cc2csc(-c3ccc(C)cc3)n2)(C(=O)O)C1(C)C. The van der Waals surface area contributed by atoms with E-state index in [0.717, 1.165) is 10.6 Å². The molecule has 2 aromatic rings. The minimum absolute atomic E-state index is 0.0484. The maximum Gasteiger partial charge on any atom is 0.330 e. The molecule has 1 fully saturated rings. The van der Waals surface area contributed by atoms with Crippen LogP contribution in [0.5, 0.6) is 0 Å². The Balaban J connectivity index is 1.70. The first kappa shape index (κ1) is 20.5. The third-order valence-corrected chi connectivity index (χ3v) is 6.61. The molecule has 0 radical (unpaired) electrons. The van der Waals surface area contributed by atoms with Crippen molar-refractivity contribution in [2.24, 2.45) is 5.41 Å². The quantitative estimate of drug-likeness (QED) is 0.741. The number of aromatic nitrogens is 1. The molecule has 1 amide bonds. The van der Waals surface area contributed by atoms with Crippen LogP contribution in [0.4, 0.5) is 0 Å². The average Bonchev–Trinajstić information content (AvgIpc) is 3.09. The molecular weight excluding hydrogens is 376 g/mol. The van der Waals surface area contributed by atoms with Gasteiger partial charge in [0.1, 0.15) is 10.5 Å². The molecule has 1 aliphatic carbocycles. The van der Waals surface area contributed by atoms with Crippen LogP contribution in [0.3, 0.4) is 0 Å². The zero-order valence-electron chi connectivity index (χ0n) is 16.6. The molecule has 0 spiro atoms. The summed E-state index contributed by atoms with van der Waals surface area (Å²) < 4.78 is 5.63. The Kier molecular flexibility index (Phi) is 5.59. The molecule has 1 aliphatic rings.